The van der Waals surface area contributed by atoms with Crippen molar-refractivity contribution in [1.29, 1.82) is 0 Å². The lowest BCUT2D eigenvalue weighted by atomic mass is 10.1. The lowest BCUT2D eigenvalue weighted by Gasteiger charge is -2.19. The summed E-state index contributed by atoms with van der Waals surface area (Å²) >= 11 is 0. The van der Waals surface area contributed by atoms with Gasteiger partial charge in [0, 0.05) is 30.7 Å². The number of methoxy groups -OCH3 is 1. The molecule has 146 valence electrons. The van der Waals surface area contributed by atoms with Crippen molar-refractivity contribution < 1.29 is 9.53 Å². The van der Waals surface area contributed by atoms with Crippen LogP contribution < -0.4 is 15.4 Å². The van der Waals surface area contributed by atoms with Gasteiger partial charge in [0.05, 0.1) is 12.8 Å². The van der Waals surface area contributed by atoms with E-state index < -0.39 is 0 Å². The van der Waals surface area contributed by atoms with E-state index in [1.165, 1.54) is 0 Å². The summed E-state index contributed by atoms with van der Waals surface area (Å²) in [5.74, 6) is 1.62. The van der Waals surface area contributed by atoms with Gasteiger partial charge < -0.3 is 19.9 Å². The molecule has 0 radical (unpaired) electrons. The number of anilines is 1. The van der Waals surface area contributed by atoms with Gasteiger partial charge in [0.2, 0.25) is 5.91 Å². The molecule has 3 rings (SSSR count). The first-order chi connectivity index (χ1) is 13.6. The average Bonchev–Trinajstić information content (AvgIpc) is 3.16. The fourth-order valence-electron chi connectivity index (χ4n) is 3.10. The summed E-state index contributed by atoms with van der Waals surface area (Å²) in [5, 5.41) is 6.34. The van der Waals surface area contributed by atoms with Crippen LogP contribution in [0.5, 0.6) is 5.75 Å². The fraction of sp³-hybridized carbons (Fsp3) is 0.273. The van der Waals surface area contributed by atoms with Crippen LogP contribution in [0.1, 0.15) is 24.7 Å². The molecule has 0 saturated heterocycles. The molecule has 1 amide bonds. The van der Waals surface area contributed by atoms with Crippen molar-refractivity contribution in [3.63, 3.8) is 0 Å². The predicted octanol–water partition coefficient (Wildman–Crippen LogP) is 3.70. The summed E-state index contributed by atoms with van der Waals surface area (Å²) < 4.78 is 7.27. The molecule has 0 aliphatic carbocycles. The lowest BCUT2D eigenvalue weighted by Crippen LogP contribution is -2.39. The summed E-state index contributed by atoms with van der Waals surface area (Å²) in [6, 6.07) is 15.3. The highest BCUT2D eigenvalue weighted by Gasteiger charge is 2.17. The summed E-state index contributed by atoms with van der Waals surface area (Å²) in [6.07, 6.45) is 4.37. The van der Waals surface area contributed by atoms with E-state index in [9.17, 15) is 4.79 Å². The Balaban J connectivity index is 1.68. The smallest absolute Gasteiger partial charge is 0.242 e. The molecule has 1 heterocycles. The highest BCUT2D eigenvalue weighted by molar-refractivity contribution is 5.84. The molecule has 0 aliphatic rings. The standard InChI is InChI=1S/C22H26N4O2/c1-4-20(25-18-9-7-10-19(14-18)28-3)22(27)24-15-17-8-5-6-11-21(17)26-13-12-23-16(26)2/h5-14,20,25H,4,15H2,1-3H3,(H,24,27). The molecule has 2 aromatic carbocycles. The molecule has 1 aromatic heterocycles. The van der Waals surface area contributed by atoms with Crippen LogP contribution in [0.2, 0.25) is 0 Å². The highest BCUT2D eigenvalue weighted by Crippen LogP contribution is 2.19. The second-order valence-electron chi connectivity index (χ2n) is 6.53. The van der Waals surface area contributed by atoms with E-state index in [0.29, 0.717) is 13.0 Å². The average molecular weight is 378 g/mol. The van der Waals surface area contributed by atoms with Crippen LogP contribution in [0.15, 0.2) is 60.9 Å². The molecule has 1 atom stereocenters. The number of imidazole rings is 1. The third kappa shape index (κ3) is 4.52. The highest BCUT2D eigenvalue weighted by atomic mass is 16.5. The second-order valence-corrected chi connectivity index (χ2v) is 6.53. The topological polar surface area (TPSA) is 68.2 Å². The van der Waals surface area contributed by atoms with Gasteiger partial charge in [-0.25, -0.2) is 4.98 Å². The van der Waals surface area contributed by atoms with Crippen LogP contribution in [0.4, 0.5) is 5.69 Å². The van der Waals surface area contributed by atoms with Gasteiger partial charge >= 0.3 is 0 Å². The molecular weight excluding hydrogens is 352 g/mol. The lowest BCUT2D eigenvalue weighted by molar-refractivity contribution is -0.122. The van der Waals surface area contributed by atoms with Crippen LogP contribution >= 0.6 is 0 Å². The van der Waals surface area contributed by atoms with Crippen molar-refractivity contribution in [1.82, 2.24) is 14.9 Å². The maximum atomic E-state index is 12.7. The van der Waals surface area contributed by atoms with E-state index in [1.807, 2.05) is 73.1 Å². The van der Waals surface area contributed by atoms with Gasteiger partial charge in [-0.2, -0.15) is 0 Å². The number of hydrogen-bond donors (Lipinski definition) is 2. The molecule has 6 heteroatoms. The van der Waals surface area contributed by atoms with Crippen molar-refractivity contribution in [2.24, 2.45) is 0 Å². The summed E-state index contributed by atoms with van der Waals surface area (Å²) in [4.78, 5) is 17.0. The third-order valence-corrected chi connectivity index (χ3v) is 4.67. The number of aromatic nitrogens is 2. The summed E-state index contributed by atoms with van der Waals surface area (Å²) in [6.45, 7) is 4.39. The molecule has 0 saturated carbocycles. The maximum absolute atomic E-state index is 12.7. The third-order valence-electron chi connectivity index (χ3n) is 4.67. The van der Waals surface area contributed by atoms with Gasteiger partial charge in [-0.3, -0.25) is 4.79 Å². The van der Waals surface area contributed by atoms with Crippen LogP contribution in [-0.4, -0.2) is 28.6 Å². The van der Waals surface area contributed by atoms with Gasteiger partial charge in [-0.05, 0) is 37.1 Å². The molecule has 1 unspecified atom stereocenters. The zero-order valence-electron chi connectivity index (χ0n) is 16.5. The van der Waals surface area contributed by atoms with Crippen LogP contribution in [0, 0.1) is 6.92 Å². The molecule has 0 bridgehead atoms. The Bertz CT molecular complexity index is 936. The van der Waals surface area contributed by atoms with E-state index in [0.717, 1.165) is 28.5 Å². The van der Waals surface area contributed by atoms with Gasteiger partial charge in [-0.15, -0.1) is 0 Å². The Labute approximate surface area is 165 Å². The van der Waals surface area contributed by atoms with Crippen molar-refractivity contribution in [3.05, 3.63) is 72.3 Å². The van der Waals surface area contributed by atoms with Gasteiger partial charge in [0.25, 0.3) is 0 Å². The first-order valence-corrected chi connectivity index (χ1v) is 9.39. The number of amides is 1. The van der Waals surface area contributed by atoms with Crippen molar-refractivity contribution in [3.8, 4) is 11.4 Å². The first-order valence-electron chi connectivity index (χ1n) is 9.39. The quantitative estimate of drug-likeness (QED) is 0.627. The monoisotopic (exact) mass is 378 g/mol. The molecule has 0 spiro atoms. The van der Waals surface area contributed by atoms with Crippen molar-refractivity contribution in [2.75, 3.05) is 12.4 Å². The minimum Gasteiger partial charge on any atom is -0.497 e. The Hall–Kier alpha value is -3.28. The molecular formula is C22H26N4O2. The Kier molecular flexibility index (Phi) is 6.32. The Morgan fingerprint density at radius 3 is 2.75 bits per heavy atom. The number of benzene rings is 2. The number of hydrogen-bond acceptors (Lipinski definition) is 4. The molecule has 0 aliphatic heterocycles. The predicted molar refractivity (Wildman–Crippen MR) is 111 cm³/mol. The number of nitrogens with zero attached hydrogens (tertiary/aromatic N) is 2. The Morgan fingerprint density at radius 1 is 1.21 bits per heavy atom. The number of para-hydroxylation sites is 1. The molecule has 0 fully saturated rings. The summed E-state index contributed by atoms with van der Waals surface area (Å²) in [5.41, 5.74) is 2.91. The molecule has 28 heavy (non-hydrogen) atoms. The fourth-order valence-corrected chi connectivity index (χ4v) is 3.10. The number of carbonyl (C=O) groups is 1. The van der Waals surface area contributed by atoms with Gasteiger partial charge in [-0.1, -0.05) is 31.2 Å². The molecule has 6 nitrogen and oxygen atoms in total. The van der Waals surface area contributed by atoms with E-state index in [-0.39, 0.29) is 11.9 Å². The minimum atomic E-state index is -0.325. The zero-order valence-corrected chi connectivity index (χ0v) is 16.5. The maximum Gasteiger partial charge on any atom is 0.242 e. The number of aryl methyl sites for hydroxylation is 1. The van der Waals surface area contributed by atoms with Crippen LogP contribution in [0.25, 0.3) is 5.69 Å². The Morgan fingerprint density at radius 2 is 2.04 bits per heavy atom. The largest absolute Gasteiger partial charge is 0.497 e. The van der Waals surface area contributed by atoms with Gasteiger partial charge in [0.1, 0.15) is 17.6 Å². The van der Waals surface area contributed by atoms with Crippen LogP contribution in [0.3, 0.4) is 0 Å². The second kappa shape index (κ2) is 9.08. The first kappa shape index (κ1) is 19.5. The van der Waals surface area contributed by atoms with E-state index >= 15 is 0 Å². The SMILES string of the molecule is CCC(Nc1cccc(OC)c1)C(=O)NCc1ccccc1-n1ccnc1C. The normalized spacial score (nSPS) is 11.7. The molecule has 2 N–H and O–H groups in total. The number of carbonyl (C=O) groups excluding carboxylic acids is 1. The number of ether oxygens (including phenoxy) is 1. The van der Waals surface area contributed by atoms with E-state index in [4.69, 9.17) is 4.74 Å². The van der Waals surface area contributed by atoms with Crippen molar-refractivity contribution >= 4 is 11.6 Å². The van der Waals surface area contributed by atoms with Gasteiger partial charge in [0.15, 0.2) is 0 Å². The van der Waals surface area contributed by atoms with Crippen molar-refractivity contribution in [2.45, 2.75) is 32.9 Å². The number of rotatable bonds is 8. The summed E-state index contributed by atoms with van der Waals surface area (Å²) in [7, 11) is 1.63. The van der Waals surface area contributed by atoms with Crippen LogP contribution in [-0.2, 0) is 11.3 Å². The van der Waals surface area contributed by atoms with E-state index in [2.05, 4.69) is 15.6 Å². The minimum absolute atomic E-state index is 0.0394. The zero-order chi connectivity index (χ0) is 19.9. The molecule has 3 aromatic rings. The van der Waals surface area contributed by atoms with E-state index in [1.54, 1.807) is 13.3 Å². The number of nitrogens with one attached hydrogen (secondary N) is 2.